The number of ether oxygens (including phenoxy) is 2. The van der Waals surface area contributed by atoms with Crippen LogP contribution in [0.3, 0.4) is 0 Å². The lowest BCUT2D eigenvalue weighted by Gasteiger charge is -2.15. The highest BCUT2D eigenvalue weighted by molar-refractivity contribution is 6.32. The average Bonchev–Trinajstić information content (AvgIpc) is 3.87. The van der Waals surface area contributed by atoms with Gasteiger partial charge < -0.3 is 18.9 Å². The van der Waals surface area contributed by atoms with E-state index in [1.807, 2.05) is 53.1 Å². The highest BCUT2D eigenvalue weighted by Gasteiger charge is 2.49. The van der Waals surface area contributed by atoms with Gasteiger partial charge in [0.25, 0.3) is 5.09 Å². The van der Waals surface area contributed by atoms with Crippen molar-refractivity contribution in [3.05, 3.63) is 80.9 Å². The van der Waals surface area contributed by atoms with Crippen LogP contribution in [0.25, 0.3) is 22.5 Å². The number of unbranched alkanes of at least 4 members (excludes halogenated alkanes) is 1. The number of imidazole rings is 1. The lowest BCUT2D eigenvalue weighted by atomic mass is 9.94. The van der Waals surface area contributed by atoms with Crippen LogP contribution in [0.5, 0.6) is 0 Å². The summed E-state index contributed by atoms with van der Waals surface area (Å²) in [5.74, 6) is 0.571. The summed E-state index contributed by atoms with van der Waals surface area (Å²) < 4.78 is 13.2. The fourth-order valence-electron chi connectivity index (χ4n) is 6.29. The highest BCUT2D eigenvalue weighted by Crippen LogP contribution is 2.35. The zero-order chi connectivity index (χ0) is 32.9. The molecule has 246 valence electrons. The van der Waals surface area contributed by atoms with Crippen LogP contribution >= 0.6 is 11.6 Å². The summed E-state index contributed by atoms with van der Waals surface area (Å²) in [5, 5.41) is 24.4. The number of Topliss-reactive ketones (excluding diaryl/α,β-unsaturated/α-hetero) is 2. The van der Waals surface area contributed by atoms with Crippen molar-refractivity contribution >= 4 is 23.2 Å². The Hall–Kier alpha value is -4.53. The lowest BCUT2D eigenvalue weighted by molar-refractivity contribution is -0.769. The maximum atomic E-state index is 13.6. The number of carbonyl (C=O) groups is 2. The molecule has 15 heteroatoms. The van der Waals surface area contributed by atoms with Gasteiger partial charge in [0.05, 0.1) is 19.3 Å². The summed E-state index contributed by atoms with van der Waals surface area (Å²) in [5.41, 5.74) is 4.03. The normalized spacial score (nSPS) is 20.3. The number of benzene rings is 2. The molecule has 2 aliphatic heterocycles. The number of H-pyrrole nitrogens is 1. The second-order valence-electron chi connectivity index (χ2n) is 11.7. The van der Waals surface area contributed by atoms with Crippen LogP contribution < -0.4 is 0 Å². The van der Waals surface area contributed by atoms with E-state index < -0.39 is 23.4 Å². The van der Waals surface area contributed by atoms with Gasteiger partial charge in [-0.15, -0.1) is 20.3 Å². The maximum absolute atomic E-state index is 13.6. The molecule has 0 aliphatic carbocycles. The van der Waals surface area contributed by atoms with Crippen LogP contribution in [0.15, 0.2) is 48.5 Å². The van der Waals surface area contributed by atoms with Gasteiger partial charge in [-0.2, -0.15) is 5.21 Å². The largest absolute Gasteiger partial charge is 0.373 e. The maximum Gasteiger partial charge on any atom is 0.294 e. The van der Waals surface area contributed by atoms with E-state index >= 15 is 0 Å². The zero-order valence-corrected chi connectivity index (χ0v) is 26.5. The van der Waals surface area contributed by atoms with E-state index in [2.05, 4.69) is 37.4 Å². The smallest absolute Gasteiger partial charge is 0.294 e. The van der Waals surface area contributed by atoms with Gasteiger partial charge in [0.1, 0.15) is 23.4 Å². The molecule has 4 heterocycles. The summed E-state index contributed by atoms with van der Waals surface area (Å²) in [6.45, 7) is 2.72. The molecule has 2 aromatic heterocycles. The van der Waals surface area contributed by atoms with Crippen molar-refractivity contribution in [2.45, 2.75) is 70.3 Å². The second-order valence-corrected chi connectivity index (χ2v) is 12.1. The van der Waals surface area contributed by atoms with Crippen molar-refractivity contribution in [1.82, 2.24) is 30.2 Å². The van der Waals surface area contributed by atoms with E-state index in [1.165, 1.54) is 0 Å². The molecule has 1 N–H and O–H groups in total. The van der Waals surface area contributed by atoms with Crippen molar-refractivity contribution in [2.24, 2.45) is 5.92 Å². The summed E-state index contributed by atoms with van der Waals surface area (Å²) in [6.07, 6.45) is 0.740. The minimum Gasteiger partial charge on any atom is -0.373 e. The number of rotatable bonds is 15. The first kappa shape index (κ1) is 32.4. The van der Waals surface area contributed by atoms with Crippen LogP contribution in [0, 0.1) is 16.0 Å². The second kappa shape index (κ2) is 14.5. The lowest BCUT2D eigenvalue weighted by Crippen LogP contribution is -2.33. The molecule has 0 saturated carbocycles. The molecule has 1 unspecified atom stereocenters. The molecular formula is C32H34ClN7O7. The van der Waals surface area contributed by atoms with E-state index in [-0.39, 0.29) is 55.1 Å². The number of aryl methyl sites for hydroxylation is 1. The number of nitrogens with one attached hydrogen (secondary N) is 1. The fourth-order valence-corrected chi connectivity index (χ4v) is 6.60. The molecule has 2 saturated heterocycles. The molecule has 0 amide bonds. The number of tetrazole rings is 1. The zero-order valence-electron chi connectivity index (χ0n) is 25.7. The molecule has 0 radical (unpaired) electrons. The van der Waals surface area contributed by atoms with Gasteiger partial charge in [0, 0.05) is 43.7 Å². The molecule has 2 fully saturated rings. The molecule has 6 rings (SSSR count). The Morgan fingerprint density at radius 2 is 1.85 bits per heavy atom. The Bertz CT molecular complexity index is 1730. The third kappa shape index (κ3) is 7.24. The molecule has 14 nitrogen and oxygen atoms in total. The molecule has 2 aliphatic rings. The summed E-state index contributed by atoms with van der Waals surface area (Å²) in [4.78, 5) is 46.5. The number of halogens is 1. The summed E-state index contributed by atoms with van der Waals surface area (Å²) >= 11 is 6.57. The molecule has 4 aromatic rings. The van der Waals surface area contributed by atoms with Gasteiger partial charge in [-0.25, -0.2) is 4.98 Å². The SMILES string of the molecule is CCCCc1nc(Cl)c(C(=O)CCC(=O)CC2CO[C@H]3[C@@H]2OC[C@H]3O[N+](=O)[O-])n1Cc1ccc(-c2ccccc2-c2nn[nH]n2)cc1. The first-order valence-electron chi connectivity index (χ1n) is 15.6. The Morgan fingerprint density at radius 3 is 2.57 bits per heavy atom. The number of ketones is 2. The first-order valence-corrected chi connectivity index (χ1v) is 16.0. The van der Waals surface area contributed by atoms with Gasteiger partial charge in [0.15, 0.2) is 17.0 Å². The third-order valence-electron chi connectivity index (χ3n) is 8.59. The number of nitrogens with zero attached hydrogens (tertiary/aromatic N) is 6. The van der Waals surface area contributed by atoms with Crippen molar-refractivity contribution in [3.8, 4) is 22.5 Å². The number of hydrogen-bond acceptors (Lipinski definition) is 11. The Morgan fingerprint density at radius 1 is 1.09 bits per heavy atom. The van der Waals surface area contributed by atoms with Crippen molar-refractivity contribution in [1.29, 1.82) is 0 Å². The van der Waals surface area contributed by atoms with Crippen LogP contribution in [0.2, 0.25) is 5.15 Å². The van der Waals surface area contributed by atoms with E-state index in [0.29, 0.717) is 24.5 Å². The number of fused-ring (bicyclic) bond motifs is 1. The van der Waals surface area contributed by atoms with Gasteiger partial charge in [-0.05, 0) is 28.3 Å². The Kier molecular flexibility index (Phi) is 9.99. The summed E-state index contributed by atoms with van der Waals surface area (Å²) in [6, 6.07) is 15.8. The topological polar surface area (TPSA) is 177 Å². The van der Waals surface area contributed by atoms with Crippen LogP contribution in [0.1, 0.15) is 60.9 Å². The molecule has 2 aromatic carbocycles. The van der Waals surface area contributed by atoms with Crippen molar-refractivity contribution < 1.29 is 29.0 Å². The Balaban J connectivity index is 1.13. The highest BCUT2D eigenvalue weighted by atomic mass is 35.5. The van der Waals surface area contributed by atoms with Crippen LogP contribution in [-0.4, -0.2) is 78.4 Å². The van der Waals surface area contributed by atoms with Crippen LogP contribution in [-0.2, 0) is 32.1 Å². The number of hydrogen-bond donors (Lipinski definition) is 1. The molecular weight excluding hydrogens is 630 g/mol. The minimum atomic E-state index is -0.859. The summed E-state index contributed by atoms with van der Waals surface area (Å²) in [7, 11) is 0. The monoisotopic (exact) mass is 663 g/mol. The number of aromatic amines is 1. The molecule has 0 spiro atoms. The first-order chi connectivity index (χ1) is 22.8. The van der Waals surface area contributed by atoms with Gasteiger partial charge in [0.2, 0.25) is 5.82 Å². The molecule has 0 bridgehead atoms. The van der Waals surface area contributed by atoms with E-state index in [4.69, 9.17) is 21.1 Å². The minimum absolute atomic E-state index is 0.0157. The van der Waals surface area contributed by atoms with Gasteiger partial charge in [-0.1, -0.05) is 73.5 Å². The Labute approximate surface area is 274 Å². The predicted octanol–water partition coefficient (Wildman–Crippen LogP) is 4.69. The van der Waals surface area contributed by atoms with E-state index in [1.54, 1.807) is 0 Å². The number of carbonyl (C=O) groups excluding carboxylic acids is 2. The third-order valence-corrected chi connectivity index (χ3v) is 8.86. The van der Waals surface area contributed by atoms with Gasteiger partial charge in [-0.3, -0.25) is 9.59 Å². The predicted molar refractivity (Wildman–Crippen MR) is 168 cm³/mol. The standard InChI is InChI=1S/C32H34ClN7O7/c1-2-3-8-27-34-31(33)28(25(42)14-13-22(41)15-21-17-45-30-26(47-40(43)44)18-46-29(21)30)39(27)16-19-9-11-20(12-10-19)23-6-4-5-7-24(23)32-35-37-38-36-32/h4-7,9-12,21,26,29-30H,2-3,8,13-18H2,1H3,(H,35,36,37,38)/t21?,26-,29-,30-/m1/s1. The number of aromatic nitrogens is 6. The van der Waals surface area contributed by atoms with Crippen molar-refractivity contribution in [2.75, 3.05) is 13.2 Å². The van der Waals surface area contributed by atoms with E-state index in [0.717, 1.165) is 40.9 Å². The average molecular weight is 664 g/mol. The fraction of sp³-hybridized carbons (Fsp3) is 0.438. The molecule has 47 heavy (non-hydrogen) atoms. The quantitative estimate of drug-likeness (QED) is 0.106. The van der Waals surface area contributed by atoms with Gasteiger partial charge >= 0.3 is 0 Å². The van der Waals surface area contributed by atoms with Crippen molar-refractivity contribution in [3.63, 3.8) is 0 Å². The van der Waals surface area contributed by atoms with Crippen LogP contribution in [0.4, 0.5) is 0 Å². The van der Waals surface area contributed by atoms with E-state index in [9.17, 15) is 19.7 Å². The molecule has 4 atom stereocenters.